The van der Waals surface area contributed by atoms with Crippen LogP contribution in [0.15, 0.2) is 79.1 Å². The van der Waals surface area contributed by atoms with Gasteiger partial charge in [0, 0.05) is 25.2 Å². The standard InChI is InChI=1S/C32H21N3/c1-2-5-23-18(4-1)12-19-7-8-24-25-15-22-13-20-9-11-34-28-17-27-29(6-3-10-33-27)35(32(20)28)30(22)16-21(25)14-26(24)31(19)23/h1-11,15-16H,12-14,17H2. The smallest absolute Gasteiger partial charge is 0.0717 e. The third-order valence-electron chi connectivity index (χ3n) is 8.40. The normalized spacial score (nSPS) is 14.9. The highest BCUT2D eigenvalue weighted by Gasteiger charge is 2.35. The molecule has 5 aromatic rings. The zero-order valence-electron chi connectivity index (χ0n) is 19.2. The van der Waals surface area contributed by atoms with E-state index in [4.69, 9.17) is 9.97 Å². The molecule has 4 aliphatic rings. The molecule has 164 valence electrons. The maximum atomic E-state index is 4.77. The molecule has 35 heavy (non-hydrogen) atoms. The summed E-state index contributed by atoms with van der Waals surface area (Å²) in [5.41, 5.74) is 20.4. The van der Waals surface area contributed by atoms with E-state index < -0.39 is 0 Å². The number of rotatable bonds is 0. The van der Waals surface area contributed by atoms with Gasteiger partial charge in [0.2, 0.25) is 0 Å². The highest BCUT2D eigenvalue weighted by Crippen LogP contribution is 2.53. The molecule has 0 saturated carbocycles. The second kappa shape index (κ2) is 6.25. The third-order valence-corrected chi connectivity index (χ3v) is 8.40. The van der Waals surface area contributed by atoms with Crippen molar-refractivity contribution >= 4 is 17.1 Å². The zero-order chi connectivity index (χ0) is 22.7. The molecule has 3 nitrogen and oxygen atoms in total. The summed E-state index contributed by atoms with van der Waals surface area (Å²) >= 11 is 0. The van der Waals surface area contributed by atoms with Gasteiger partial charge in [-0.05, 0) is 98.8 Å². The van der Waals surface area contributed by atoms with Gasteiger partial charge in [0.25, 0.3) is 0 Å². The predicted molar refractivity (Wildman–Crippen MR) is 139 cm³/mol. The second-order valence-corrected chi connectivity index (χ2v) is 10.2. The van der Waals surface area contributed by atoms with Crippen LogP contribution in [0.25, 0.3) is 22.3 Å². The number of benzene rings is 3. The SMILES string of the molecule is c1ccc2c(c1)Cc1ccc3c(c1-2)Cc1cc2c(cc1-3)Cc1ccnc3c1N2c1cccnc1C3. The summed E-state index contributed by atoms with van der Waals surface area (Å²) in [6, 6.07) is 25.1. The van der Waals surface area contributed by atoms with Crippen LogP contribution in [0.1, 0.15) is 44.8 Å². The summed E-state index contributed by atoms with van der Waals surface area (Å²) in [5.74, 6) is 0. The van der Waals surface area contributed by atoms with Crippen molar-refractivity contribution < 1.29 is 0 Å². The molecule has 0 atom stereocenters. The van der Waals surface area contributed by atoms with Gasteiger partial charge < -0.3 is 4.90 Å². The highest BCUT2D eigenvalue weighted by molar-refractivity contribution is 5.94. The van der Waals surface area contributed by atoms with Crippen LogP contribution in [-0.2, 0) is 25.7 Å². The van der Waals surface area contributed by atoms with Crippen molar-refractivity contribution in [2.24, 2.45) is 0 Å². The number of nitrogens with zero attached hydrogens (tertiary/aromatic N) is 3. The first-order valence-corrected chi connectivity index (χ1v) is 12.4. The van der Waals surface area contributed by atoms with Gasteiger partial charge in [0.05, 0.1) is 28.5 Å². The average Bonchev–Trinajstić information content (AvgIpc) is 3.45. The molecule has 0 bridgehead atoms. The first-order valence-electron chi connectivity index (χ1n) is 12.4. The Morgan fingerprint density at radius 2 is 1.46 bits per heavy atom. The lowest BCUT2D eigenvalue weighted by atomic mass is 9.88. The number of fused-ring (bicyclic) bond motifs is 11. The van der Waals surface area contributed by atoms with Gasteiger partial charge >= 0.3 is 0 Å². The summed E-state index contributed by atoms with van der Waals surface area (Å²) in [6.07, 6.45) is 7.66. The number of aromatic nitrogens is 2. The summed E-state index contributed by atoms with van der Waals surface area (Å²) in [4.78, 5) is 11.9. The number of pyridine rings is 2. The van der Waals surface area contributed by atoms with E-state index in [1.165, 1.54) is 72.7 Å². The Balaban J connectivity index is 1.27. The zero-order valence-corrected chi connectivity index (χ0v) is 19.2. The van der Waals surface area contributed by atoms with Crippen molar-refractivity contribution in [3.05, 3.63) is 124 Å². The molecule has 0 spiro atoms. The molecule has 2 aromatic heterocycles. The quantitative estimate of drug-likeness (QED) is 0.253. The first-order chi connectivity index (χ1) is 17.3. The van der Waals surface area contributed by atoms with Crippen molar-refractivity contribution in [1.29, 1.82) is 0 Å². The fraction of sp³-hybridized carbons (Fsp3) is 0.125. The molecule has 9 rings (SSSR count). The molecule has 0 unspecified atom stereocenters. The minimum absolute atomic E-state index is 0.799. The minimum Gasteiger partial charge on any atom is -0.306 e. The Hall–Kier alpha value is -4.24. The Bertz CT molecular complexity index is 1760. The molecule has 3 aromatic carbocycles. The Kier molecular flexibility index (Phi) is 3.24. The lowest BCUT2D eigenvalue weighted by molar-refractivity contribution is 0.926. The van der Waals surface area contributed by atoms with Crippen LogP contribution < -0.4 is 4.90 Å². The van der Waals surface area contributed by atoms with E-state index in [0.717, 1.165) is 37.1 Å². The van der Waals surface area contributed by atoms with Gasteiger partial charge in [-0.15, -0.1) is 0 Å². The number of hydrogen-bond donors (Lipinski definition) is 0. The molecule has 0 radical (unpaired) electrons. The van der Waals surface area contributed by atoms with Crippen molar-refractivity contribution in [2.45, 2.75) is 25.7 Å². The van der Waals surface area contributed by atoms with E-state index in [0.29, 0.717) is 0 Å². The molecular weight excluding hydrogens is 426 g/mol. The predicted octanol–water partition coefficient (Wildman–Crippen LogP) is 6.90. The second-order valence-electron chi connectivity index (χ2n) is 10.2. The van der Waals surface area contributed by atoms with E-state index in [9.17, 15) is 0 Å². The van der Waals surface area contributed by atoms with Crippen molar-refractivity contribution in [3.8, 4) is 22.3 Å². The maximum Gasteiger partial charge on any atom is 0.0717 e. The molecule has 2 aliphatic carbocycles. The van der Waals surface area contributed by atoms with Crippen molar-refractivity contribution in [2.75, 3.05) is 4.90 Å². The fourth-order valence-electron chi connectivity index (χ4n) is 6.94. The average molecular weight is 448 g/mol. The van der Waals surface area contributed by atoms with E-state index in [1.54, 1.807) is 0 Å². The van der Waals surface area contributed by atoms with Gasteiger partial charge in [-0.3, -0.25) is 9.97 Å². The Labute approximate surface area is 203 Å². The van der Waals surface area contributed by atoms with Crippen LogP contribution >= 0.6 is 0 Å². The molecule has 0 amide bonds. The summed E-state index contributed by atoms with van der Waals surface area (Å²) < 4.78 is 0. The van der Waals surface area contributed by atoms with E-state index in [-0.39, 0.29) is 0 Å². The van der Waals surface area contributed by atoms with Crippen LogP contribution in [0.5, 0.6) is 0 Å². The molecule has 0 fully saturated rings. The van der Waals surface area contributed by atoms with Crippen molar-refractivity contribution in [1.82, 2.24) is 9.97 Å². The Morgan fingerprint density at radius 1 is 0.543 bits per heavy atom. The topological polar surface area (TPSA) is 29.0 Å². The Morgan fingerprint density at radius 3 is 2.46 bits per heavy atom. The van der Waals surface area contributed by atoms with Gasteiger partial charge in [-0.1, -0.05) is 36.4 Å². The molecule has 2 aliphatic heterocycles. The lowest BCUT2D eigenvalue weighted by Crippen LogP contribution is -2.26. The van der Waals surface area contributed by atoms with Crippen LogP contribution in [0, 0.1) is 0 Å². The highest BCUT2D eigenvalue weighted by atomic mass is 15.2. The molecular formula is C32H21N3. The number of hydrogen-bond acceptors (Lipinski definition) is 3. The van der Waals surface area contributed by atoms with Gasteiger partial charge in [-0.2, -0.15) is 0 Å². The van der Waals surface area contributed by atoms with Gasteiger partial charge in [0.1, 0.15) is 0 Å². The lowest BCUT2D eigenvalue weighted by Gasteiger charge is -2.38. The van der Waals surface area contributed by atoms with Crippen LogP contribution in [-0.4, -0.2) is 9.97 Å². The van der Waals surface area contributed by atoms with Crippen LogP contribution in [0.4, 0.5) is 17.1 Å². The fourth-order valence-corrected chi connectivity index (χ4v) is 6.94. The summed E-state index contributed by atoms with van der Waals surface area (Å²) in [6.45, 7) is 0. The first kappa shape index (κ1) is 18.1. The maximum absolute atomic E-state index is 4.77. The minimum atomic E-state index is 0.799. The van der Waals surface area contributed by atoms with Crippen LogP contribution in [0.2, 0.25) is 0 Å². The van der Waals surface area contributed by atoms with Crippen molar-refractivity contribution in [3.63, 3.8) is 0 Å². The number of anilines is 3. The van der Waals surface area contributed by atoms with E-state index >= 15 is 0 Å². The summed E-state index contributed by atoms with van der Waals surface area (Å²) in [5, 5.41) is 0. The molecule has 0 N–H and O–H groups in total. The van der Waals surface area contributed by atoms with E-state index in [2.05, 4.69) is 71.6 Å². The van der Waals surface area contributed by atoms with Gasteiger partial charge in [-0.25, -0.2) is 0 Å². The molecule has 0 saturated heterocycles. The van der Waals surface area contributed by atoms with Gasteiger partial charge in [0.15, 0.2) is 0 Å². The summed E-state index contributed by atoms with van der Waals surface area (Å²) in [7, 11) is 0. The third kappa shape index (κ3) is 2.26. The molecule has 4 heterocycles. The monoisotopic (exact) mass is 447 g/mol. The molecule has 3 heteroatoms. The van der Waals surface area contributed by atoms with Crippen LogP contribution in [0.3, 0.4) is 0 Å². The van der Waals surface area contributed by atoms with E-state index in [1.807, 2.05) is 12.4 Å². The largest absolute Gasteiger partial charge is 0.306 e.